The van der Waals surface area contributed by atoms with Crippen LogP contribution >= 0.6 is 0 Å². The van der Waals surface area contributed by atoms with Gasteiger partial charge in [-0.15, -0.1) is 0 Å². The van der Waals surface area contributed by atoms with Crippen molar-refractivity contribution in [2.75, 3.05) is 23.0 Å². The molecule has 2 rings (SSSR count). The minimum absolute atomic E-state index is 0.0399. The molecule has 0 N–H and O–H groups in total. The molecule has 8 heteroatoms. The maximum Gasteiger partial charge on any atom is 0.280 e. The highest BCUT2D eigenvalue weighted by Gasteiger charge is 2.29. The number of benzene rings is 1. The fourth-order valence-electron chi connectivity index (χ4n) is 2.53. The summed E-state index contributed by atoms with van der Waals surface area (Å²) in [7, 11) is -3.04. The molecule has 0 aliphatic carbocycles. The summed E-state index contributed by atoms with van der Waals surface area (Å²) in [6, 6.07) is 4.08. The highest BCUT2D eigenvalue weighted by molar-refractivity contribution is 7.91. The molecular formula is C13H16N2O5S. The molecule has 1 aromatic rings. The van der Waals surface area contributed by atoms with E-state index in [1.807, 2.05) is 4.90 Å². The molecule has 1 unspecified atom stereocenters. The van der Waals surface area contributed by atoms with Crippen molar-refractivity contribution < 1.29 is 18.1 Å². The second-order valence-electron chi connectivity index (χ2n) is 5.17. The van der Waals surface area contributed by atoms with Gasteiger partial charge in [0, 0.05) is 24.3 Å². The van der Waals surface area contributed by atoms with Gasteiger partial charge in [-0.3, -0.25) is 14.9 Å². The van der Waals surface area contributed by atoms with Gasteiger partial charge in [-0.2, -0.15) is 0 Å². The van der Waals surface area contributed by atoms with Gasteiger partial charge in [0.1, 0.15) is 0 Å². The van der Waals surface area contributed by atoms with Gasteiger partial charge in [-0.25, -0.2) is 8.42 Å². The number of hydrogen-bond acceptors (Lipinski definition) is 6. The van der Waals surface area contributed by atoms with Gasteiger partial charge in [0.2, 0.25) is 0 Å². The highest BCUT2D eigenvalue weighted by Crippen LogP contribution is 2.28. The van der Waals surface area contributed by atoms with Gasteiger partial charge in [-0.1, -0.05) is 0 Å². The number of nitrogens with zero attached hydrogens (tertiary/aromatic N) is 2. The van der Waals surface area contributed by atoms with Crippen LogP contribution in [0.3, 0.4) is 0 Å². The molecule has 1 heterocycles. The summed E-state index contributed by atoms with van der Waals surface area (Å²) in [6.07, 6.45) is 0. The van der Waals surface area contributed by atoms with Crippen LogP contribution in [-0.4, -0.2) is 43.2 Å². The molecular weight excluding hydrogens is 296 g/mol. The SMILES string of the molecule is CC(=O)c1cc(N2CCS(=O)(=O)CC2C)ccc1[N+](=O)[O-]. The first-order valence-electron chi connectivity index (χ1n) is 6.48. The number of nitro groups is 1. The molecule has 0 spiro atoms. The molecule has 1 aliphatic rings. The van der Waals surface area contributed by atoms with Crippen LogP contribution in [0.15, 0.2) is 18.2 Å². The monoisotopic (exact) mass is 312 g/mol. The van der Waals surface area contributed by atoms with Crippen molar-refractivity contribution in [1.29, 1.82) is 0 Å². The van der Waals surface area contributed by atoms with E-state index in [1.165, 1.54) is 19.1 Å². The normalized spacial score (nSPS) is 21.0. The van der Waals surface area contributed by atoms with Crippen LogP contribution in [0.2, 0.25) is 0 Å². The van der Waals surface area contributed by atoms with Crippen molar-refractivity contribution in [3.8, 4) is 0 Å². The van der Waals surface area contributed by atoms with E-state index >= 15 is 0 Å². The maximum atomic E-state index is 11.6. The Bertz CT molecular complexity index is 699. The Balaban J connectivity index is 2.40. The lowest BCUT2D eigenvalue weighted by Crippen LogP contribution is -2.47. The molecule has 1 atom stereocenters. The predicted molar refractivity (Wildman–Crippen MR) is 78.6 cm³/mol. The van der Waals surface area contributed by atoms with E-state index in [4.69, 9.17) is 0 Å². The third-order valence-corrected chi connectivity index (χ3v) is 5.35. The second kappa shape index (κ2) is 5.44. The van der Waals surface area contributed by atoms with Crippen LogP contribution in [0.25, 0.3) is 0 Å². The highest BCUT2D eigenvalue weighted by atomic mass is 32.2. The van der Waals surface area contributed by atoms with Crippen molar-refractivity contribution in [2.45, 2.75) is 19.9 Å². The Morgan fingerprint density at radius 1 is 1.43 bits per heavy atom. The molecule has 21 heavy (non-hydrogen) atoms. The third kappa shape index (κ3) is 3.21. The van der Waals surface area contributed by atoms with Crippen LogP contribution < -0.4 is 4.90 Å². The molecule has 0 amide bonds. The number of rotatable bonds is 3. The Labute approximate surface area is 122 Å². The molecule has 0 saturated carbocycles. The van der Waals surface area contributed by atoms with Gasteiger partial charge < -0.3 is 4.90 Å². The van der Waals surface area contributed by atoms with E-state index in [9.17, 15) is 23.3 Å². The van der Waals surface area contributed by atoms with Crippen molar-refractivity contribution in [1.82, 2.24) is 0 Å². The summed E-state index contributed by atoms with van der Waals surface area (Å²) in [4.78, 5) is 23.8. The minimum Gasteiger partial charge on any atom is -0.367 e. The average molecular weight is 312 g/mol. The molecule has 0 aromatic heterocycles. The maximum absolute atomic E-state index is 11.6. The van der Waals surface area contributed by atoms with E-state index < -0.39 is 14.8 Å². The van der Waals surface area contributed by atoms with Crippen molar-refractivity contribution in [3.63, 3.8) is 0 Å². The van der Waals surface area contributed by atoms with Crippen molar-refractivity contribution in [2.24, 2.45) is 0 Å². The molecule has 1 aromatic carbocycles. The predicted octanol–water partition coefficient (Wildman–Crippen LogP) is 1.42. The van der Waals surface area contributed by atoms with Gasteiger partial charge in [0.05, 0.1) is 22.0 Å². The van der Waals surface area contributed by atoms with E-state index in [-0.39, 0.29) is 34.6 Å². The van der Waals surface area contributed by atoms with E-state index in [1.54, 1.807) is 13.0 Å². The summed E-state index contributed by atoms with van der Waals surface area (Å²) < 4.78 is 23.2. The Morgan fingerprint density at radius 2 is 2.10 bits per heavy atom. The number of ketones is 1. The third-order valence-electron chi connectivity index (χ3n) is 3.56. The zero-order valence-corrected chi connectivity index (χ0v) is 12.6. The Hall–Kier alpha value is -1.96. The number of carbonyl (C=O) groups excluding carboxylic acids is 1. The number of carbonyl (C=O) groups is 1. The average Bonchev–Trinajstić information content (AvgIpc) is 2.36. The fourth-order valence-corrected chi connectivity index (χ4v) is 4.08. The Kier molecular flexibility index (Phi) is 3.99. The van der Waals surface area contributed by atoms with Crippen molar-refractivity contribution in [3.05, 3.63) is 33.9 Å². The summed E-state index contributed by atoms with van der Waals surface area (Å²) >= 11 is 0. The molecule has 7 nitrogen and oxygen atoms in total. The second-order valence-corrected chi connectivity index (χ2v) is 7.40. The standard InChI is InChI=1S/C13H16N2O5S/c1-9-8-21(19,20)6-5-14(9)11-3-4-13(15(17)18)12(7-11)10(2)16/h3-4,7,9H,5-6,8H2,1-2H3. The van der Waals surface area contributed by atoms with Crippen LogP contribution in [0, 0.1) is 10.1 Å². The molecule has 1 saturated heterocycles. The van der Waals surface area contributed by atoms with E-state index in [0.717, 1.165) is 0 Å². The molecule has 0 radical (unpaired) electrons. The van der Waals surface area contributed by atoms with Crippen molar-refractivity contribution >= 4 is 27.0 Å². The van der Waals surface area contributed by atoms with E-state index in [2.05, 4.69) is 0 Å². The lowest BCUT2D eigenvalue weighted by Gasteiger charge is -2.35. The van der Waals surface area contributed by atoms with Gasteiger partial charge in [0.15, 0.2) is 15.6 Å². The number of Topliss-reactive ketones (excluding diaryl/α,β-unsaturated/α-hetero) is 1. The minimum atomic E-state index is -3.04. The largest absolute Gasteiger partial charge is 0.367 e. The summed E-state index contributed by atoms with van der Waals surface area (Å²) in [5.74, 6) is -0.302. The number of hydrogen-bond donors (Lipinski definition) is 0. The number of sulfone groups is 1. The summed E-state index contributed by atoms with van der Waals surface area (Å²) in [6.45, 7) is 3.38. The molecule has 0 bridgehead atoms. The zero-order chi connectivity index (χ0) is 15.8. The zero-order valence-electron chi connectivity index (χ0n) is 11.8. The fraction of sp³-hybridized carbons (Fsp3) is 0.462. The van der Waals surface area contributed by atoms with Gasteiger partial charge >= 0.3 is 0 Å². The number of nitro benzene ring substituents is 1. The Morgan fingerprint density at radius 3 is 2.62 bits per heavy atom. The molecule has 1 aliphatic heterocycles. The number of anilines is 1. The van der Waals surface area contributed by atoms with E-state index in [0.29, 0.717) is 12.2 Å². The first kappa shape index (κ1) is 15.4. The van der Waals surface area contributed by atoms with Gasteiger partial charge in [0.25, 0.3) is 5.69 Å². The lowest BCUT2D eigenvalue weighted by molar-refractivity contribution is -0.385. The molecule has 1 fully saturated rings. The molecule has 114 valence electrons. The first-order valence-corrected chi connectivity index (χ1v) is 8.30. The lowest BCUT2D eigenvalue weighted by atomic mass is 10.1. The summed E-state index contributed by atoms with van der Waals surface area (Å²) in [5, 5.41) is 10.9. The summed E-state index contributed by atoms with van der Waals surface area (Å²) in [5.41, 5.74) is 0.440. The first-order chi connectivity index (χ1) is 9.71. The van der Waals surface area contributed by atoms with Crippen LogP contribution in [0.5, 0.6) is 0 Å². The van der Waals surface area contributed by atoms with Crippen LogP contribution in [-0.2, 0) is 9.84 Å². The van der Waals surface area contributed by atoms with Gasteiger partial charge in [-0.05, 0) is 26.0 Å². The van der Waals surface area contributed by atoms with Crippen LogP contribution in [0.4, 0.5) is 11.4 Å². The topological polar surface area (TPSA) is 97.6 Å². The smallest absolute Gasteiger partial charge is 0.280 e. The van der Waals surface area contributed by atoms with Crippen LogP contribution in [0.1, 0.15) is 24.2 Å². The quantitative estimate of drug-likeness (QED) is 0.475.